The zero-order valence-electron chi connectivity index (χ0n) is 13.2. The summed E-state index contributed by atoms with van der Waals surface area (Å²) < 4.78 is 1.28. The van der Waals surface area contributed by atoms with Crippen molar-refractivity contribution >= 4 is 36.3 Å². The van der Waals surface area contributed by atoms with Crippen molar-refractivity contribution in [2.75, 3.05) is 5.73 Å². The topological polar surface area (TPSA) is 131 Å². The highest BCUT2D eigenvalue weighted by Gasteiger charge is 2.42. The Labute approximate surface area is 137 Å². The molecule has 0 unspecified atom stereocenters. The van der Waals surface area contributed by atoms with Gasteiger partial charge in [-0.15, -0.1) is 0 Å². The average molecular weight is 323 g/mol. The Morgan fingerprint density at radius 3 is 2.75 bits per heavy atom. The number of fused-ring (bicyclic) bond motifs is 1. The number of aryl methyl sites for hydroxylation is 1. The van der Waals surface area contributed by atoms with E-state index in [0.717, 1.165) is 0 Å². The standard InChI is InChI=1S/C15H14BN5O3/c1-7-19-10-5-8(6-17)4-9(18)12(10)13(23)21(7)15(16)3-2-11(22)20-14(15)24/h4-5H,2-3,16,18H2,1H3,(H,20,22,24)/t15-/m1/s1. The summed E-state index contributed by atoms with van der Waals surface area (Å²) in [7, 11) is 1.59. The van der Waals surface area contributed by atoms with Crippen molar-refractivity contribution < 1.29 is 9.59 Å². The van der Waals surface area contributed by atoms with E-state index in [9.17, 15) is 14.4 Å². The van der Waals surface area contributed by atoms with Crippen LogP contribution in [0.5, 0.6) is 0 Å². The first-order valence-electron chi connectivity index (χ1n) is 7.35. The van der Waals surface area contributed by atoms with Crippen LogP contribution in [0.15, 0.2) is 16.9 Å². The first-order chi connectivity index (χ1) is 11.3. The van der Waals surface area contributed by atoms with Crippen LogP contribution in [0.1, 0.15) is 24.2 Å². The van der Waals surface area contributed by atoms with Gasteiger partial charge in [0.15, 0.2) is 0 Å². The van der Waals surface area contributed by atoms with Gasteiger partial charge in [0, 0.05) is 12.1 Å². The van der Waals surface area contributed by atoms with Crippen LogP contribution in [0.2, 0.25) is 0 Å². The van der Waals surface area contributed by atoms with E-state index >= 15 is 0 Å². The highest BCUT2D eigenvalue weighted by molar-refractivity contribution is 6.28. The molecule has 0 saturated carbocycles. The number of aromatic nitrogens is 2. The highest BCUT2D eigenvalue weighted by Crippen LogP contribution is 2.25. The zero-order chi connectivity index (χ0) is 17.6. The predicted octanol–water partition coefficient (Wildman–Crippen LogP) is -1.12. The fourth-order valence-corrected chi connectivity index (χ4v) is 3.11. The second-order valence-electron chi connectivity index (χ2n) is 6.02. The fraction of sp³-hybridized carbons (Fsp3) is 0.267. The molecule has 2 heterocycles. The monoisotopic (exact) mass is 323 g/mol. The molecule has 1 aromatic heterocycles. The van der Waals surface area contributed by atoms with E-state index in [-0.39, 0.29) is 29.8 Å². The van der Waals surface area contributed by atoms with Gasteiger partial charge in [0.1, 0.15) is 13.7 Å². The number of benzene rings is 1. The fourth-order valence-electron chi connectivity index (χ4n) is 3.11. The van der Waals surface area contributed by atoms with Crippen molar-refractivity contribution in [1.29, 1.82) is 5.26 Å². The molecule has 1 aliphatic rings. The van der Waals surface area contributed by atoms with E-state index in [4.69, 9.17) is 11.0 Å². The smallest absolute Gasteiger partial charge is 0.263 e. The van der Waals surface area contributed by atoms with Crippen LogP contribution >= 0.6 is 0 Å². The van der Waals surface area contributed by atoms with E-state index in [2.05, 4.69) is 10.3 Å². The lowest BCUT2D eigenvalue weighted by atomic mass is 9.71. The SMILES string of the molecule is B[C@@]1(n2c(C)nc3cc(C#N)cc(N)c3c2=O)CCC(=O)NC1=O. The molecule has 2 amide bonds. The van der Waals surface area contributed by atoms with Crippen LogP contribution in [0, 0.1) is 18.3 Å². The van der Waals surface area contributed by atoms with Crippen molar-refractivity contribution in [2.45, 2.75) is 25.2 Å². The number of carbonyl (C=O) groups is 2. The number of anilines is 1. The van der Waals surface area contributed by atoms with Gasteiger partial charge in [-0.2, -0.15) is 5.26 Å². The molecule has 0 spiro atoms. The van der Waals surface area contributed by atoms with Crippen LogP contribution in [0.25, 0.3) is 10.9 Å². The average Bonchev–Trinajstić information content (AvgIpc) is 2.50. The van der Waals surface area contributed by atoms with Crippen molar-refractivity contribution in [3.05, 3.63) is 33.9 Å². The molecule has 8 nitrogen and oxygen atoms in total. The van der Waals surface area contributed by atoms with Gasteiger partial charge in [0.25, 0.3) is 5.56 Å². The quantitative estimate of drug-likeness (QED) is 0.388. The minimum Gasteiger partial charge on any atom is -0.398 e. The Morgan fingerprint density at radius 1 is 1.42 bits per heavy atom. The number of nitrogens with two attached hydrogens (primary N) is 1. The lowest BCUT2D eigenvalue weighted by Crippen LogP contribution is -2.58. The second-order valence-corrected chi connectivity index (χ2v) is 6.02. The number of nitriles is 1. The van der Waals surface area contributed by atoms with Crippen molar-refractivity contribution in [3.63, 3.8) is 0 Å². The number of amides is 2. The molecule has 0 bridgehead atoms. The first-order valence-corrected chi connectivity index (χ1v) is 7.35. The Bertz CT molecular complexity index is 1010. The van der Waals surface area contributed by atoms with Gasteiger partial charge in [-0.05, 0) is 25.5 Å². The third-order valence-electron chi connectivity index (χ3n) is 4.37. The molecular formula is C15H14BN5O3. The number of piperidine rings is 1. The molecule has 0 aliphatic carbocycles. The molecule has 1 fully saturated rings. The molecule has 120 valence electrons. The number of nitrogens with one attached hydrogen (secondary N) is 1. The lowest BCUT2D eigenvalue weighted by molar-refractivity contribution is -0.137. The Hall–Kier alpha value is -3.15. The largest absolute Gasteiger partial charge is 0.398 e. The zero-order valence-corrected chi connectivity index (χ0v) is 13.2. The molecule has 1 saturated heterocycles. The summed E-state index contributed by atoms with van der Waals surface area (Å²) in [5, 5.41) is 11.4. The predicted molar refractivity (Wildman–Crippen MR) is 88.8 cm³/mol. The number of hydrogen-bond acceptors (Lipinski definition) is 6. The lowest BCUT2D eigenvalue weighted by Gasteiger charge is -2.35. The van der Waals surface area contributed by atoms with Crippen LogP contribution in [0.4, 0.5) is 5.69 Å². The maximum atomic E-state index is 13.0. The minimum atomic E-state index is -1.23. The summed E-state index contributed by atoms with van der Waals surface area (Å²) >= 11 is 0. The summed E-state index contributed by atoms with van der Waals surface area (Å²) in [6.45, 7) is 1.60. The summed E-state index contributed by atoms with van der Waals surface area (Å²) in [5.41, 5.74) is 4.97. The number of imide groups is 1. The van der Waals surface area contributed by atoms with Gasteiger partial charge in [-0.25, -0.2) is 4.98 Å². The molecule has 9 heteroatoms. The van der Waals surface area contributed by atoms with Crippen LogP contribution in [0.3, 0.4) is 0 Å². The number of carbonyl (C=O) groups excluding carboxylic acids is 2. The Kier molecular flexibility index (Phi) is 3.41. The van der Waals surface area contributed by atoms with E-state index < -0.39 is 16.9 Å². The Balaban J connectivity index is 2.33. The van der Waals surface area contributed by atoms with Crippen molar-refractivity contribution in [3.8, 4) is 6.07 Å². The van der Waals surface area contributed by atoms with Crippen LogP contribution < -0.4 is 16.6 Å². The molecule has 1 aromatic carbocycles. The van der Waals surface area contributed by atoms with E-state index in [0.29, 0.717) is 16.9 Å². The van der Waals surface area contributed by atoms with Crippen LogP contribution in [-0.4, -0.2) is 29.2 Å². The molecule has 0 radical (unpaired) electrons. The summed E-state index contributed by atoms with van der Waals surface area (Å²) in [4.78, 5) is 41.1. The molecule has 1 aliphatic heterocycles. The number of nitrogens with zero attached hydrogens (tertiary/aromatic N) is 3. The van der Waals surface area contributed by atoms with Crippen LogP contribution in [-0.2, 0) is 15.0 Å². The maximum Gasteiger partial charge on any atom is 0.263 e. The molecule has 2 aromatic rings. The third-order valence-corrected chi connectivity index (χ3v) is 4.37. The number of hydrogen-bond donors (Lipinski definition) is 2. The first kappa shape index (κ1) is 15.7. The third kappa shape index (κ3) is 2.15. The van der Waals surface area contributed by atoms with Gasteiger partial charge in [-0.1, -0.05) is 0 Å². The maximum absolute atomic E-state index is 13.0. The molecule has 3 rings (SSSR count). The van der Waals surface area contributed by atoms with Gasteiger partial charge in [0.05, 0.1) is 28.0 Å². The minimum absolute atomic E-state index is 0.131. The molecule has 3 N–H and O–H groups in total. The van der Waals surface area contributed by atoms with E-state index in [1.54, 1.807) is 14.8 Å². The highest BCUT2D eigenvalue weighted by atomic mass is 16.2. The van der Waals surface area contributed by atoms with Crippen molar-refractivity contribution in [2.24, 2.45) is 0 Å². The van der Waals surface area contributed by atoms with E-state index in [1.165, 1.54) is 16.7 Å². The summed E-state index contributed by atoms with van der Waals surface area (Å²) in [5.74, 6) is -0.596. The van der Waals surface area contributed by atoms with Gasteiger partial charge >= 0.3 is 0 Å². The molecule has 24 heavy (non-hydrogen) atoms. The van der Waals surface area contributed by atoms with Gasteiger partial charge in [-0.3, -0.25) is 24.3 Å². The normalized spacial score (nSPS) is 20.7. The summed E-state index contributed by atoms with van der Waals surface area (Å²) in [6.07, 6.45) is 0.330. The van der Waals surface area contributed by atoms with Crippen molar-refractivity contribution in [1.82, 2.24) is 14.9 Å². The number of rotatable bonds is 1. The molecular weight excluding hydrogens is 309 g/mol. The summed E-state index contributed by atoms with van der Waals surface area (Å²) in [6, 6.07) is 4.85. The van der Waals surface area contributed by atoms with E-state index in [1.807, 2.05) is 6.07 Å². The van der Waals surface area contributed by atoms with Gasteiger partial charge in [0.2, 0.25) is 11.8 Å². The Morgan fingerprint density at radius 2 is 2.12 bits per heavy atom. The number of nitrogen functional groups attached to an aromatic ring is 1. The second kappa shape index (κ2) is 5.20. The van der Waals surface area contributed by atoms with Gasteiger partial charge < -0.3 is 5.73 Å². The molecule has 1 atom stereocenters.